The average molecular weight is 201 g/mol. The molecule has 0 fully saturated rings. The van der Waals surface area contributed by atoms with Gasteiger partial charge in [0.25, 0.3) is 0 Å². The van der Waals surface area contributed by atoms with Crippen LogP contribution in [-0.4, -0.2) is 0 Å². The molecule has 0 spiro atoms. The molecule has 0 saturated heterocycles. The lowest BCUT2D eigenvalue weighted by atomic mass is 10.0. The van der Waals surface area contributed by atoms with Crippen molar-refractivity contribution in [3.05, 3.63) is 35.4 Å². The minimum Gasteiger partial charge on any atom is -0.166 e. The molecule has 0 nitrogen and oxygen atoms in total. The first kappa shape index (κ1) is 11.1. The number of alkyl halides is 3. The van der Waals surface area contributed by atoms with E-state index in [-0.39, 0.29) is 0 Å². The summed E-state index contributed by atoms with van der Waals surface area (Å²) in [5, 5.41) is 0. The predicted octanol–water partition coefficient (Wildman–Crippen LogP) is 3.85. The summed E-state index contributed by atoms with van der Waals surface area (Å²) in [6.45, 7) is 1.96. The molecule has 0 aliphatic rings. The molecule has 77 valence electrons. The van der Waals surface area contributed by atoms with Crippen molar-refractivity contribution in [1.82, 2.24) is 0 Å². The van der Waals surface area contributed by atoms with E-state index in [1.54, 1.807) is 0 Å². The van der Waals surface area contributed by atoms with E-state index < -0.39 is 11.7 Å². The highest BCUT2D eigenvalue weighted by Crippen LogP contribution is 2.32. The number of benzene rings is 1. The summed E-state index contributed by atoms with van der Waals surface area (Å²) in [4.78, 5) is 0. The van der Waals surface area contributed by atoms with Gasteiger partial charge in [-0.05, 0) is 30.5 Å². The normalized spacial score (nSPS) is 11.7. The van der Waals surface area contributed by atoms with Crippen LogP contribution in [0, 0.1) is 6.07 Å². The van der Waals surface area contributed by atoms with E-state index in [4.69, 9.17) is 0 Å². The van der Waals surface area contributed by atoms with E-state index >= 15 is 0 Å². The lowest BCUT2D eigenvalue weighted by molar-refractivity contribution is -0.138. The third kappa shape index (κ3) is 2.76. The Bertz CT molecular complexity index is 289. The number of rotatable bonds is 3. The highest BCUT2D eigenvalue weighted by molar-refractivity contribution is 5.29. The summed E-state index contributed by atoms with van der Waals surface area (Å²) < 4.78 is 37.4. The Morgan fingerprint density at radius 1 is 1.36 bits per heavy atom. The third-order valence-electron chi connectivity index (χ3n) is 2.06. The Hall–Kier alpha value is -0.990. The van der Waals surface area contributed by atoms with Crippen LogP contribution in [0.2, 0.25) is 0 Å². The average Bonchev–Trinajstić information content (AvgIpc) is 2.14. The van der Waals surface area contributed by atoms with Gasteiger partial charge in [0.1, 0.15) is 0 Å². The van der Waals surface area contributed by atoms with Crippen LogP contribution in [0.1, 0.15) is 30.9 Å². The zero-order chi connectivity index (χ0) is 10.6. The van der Waals surface area contributed by atoms with Gasteiger partial charge in [0.15, 0.2) is 0 Å². The van der Waals surface area contributed by atoms with Gasteiger partial charge < -0.3 is 0 Å². The summed E-state index contributed by atoms with van der Waals surface area (Å²) in [6.07, 6.45) is -2.08. The summed E-state index contributed by atoms with van der Waals surface area (Å²) in [6, 6.07) is 6.51. The second-order valence-corrected chi connectivity index (χ2v) is 3.18. The van der Waals surface area contributed by atoms with Gasteiger partial charge in [-0.2, -0.15) is 13.2 Å². The quantitative estimate of drug-likeness (QED) is 0.696. The van der Waals surface area contributed by atoms with Crippen LogP contribution >= 0.6 is 0 Å². The van der Waals surface area contributed by atoms with E-state index in [0.29, 0.717) is 12.0 Å². The SMILES string of the molecule is CCCCc1cc[c]cc1C(F)(F)F. The Morgan fingerprint density at radius 2 is 2.07 bits per heavy atom. The van der Waals surface area contributed by atoms with Crippen molar-refractivity contribution in [2.75, 3.05) is 0 Å². The summed E-state index contributed by atoms with van der Waals surface area (Å²) in [5.41, 5.74) is -0.174. The van der Waals surface area contributed by atoms with E-state index in [2.05, 4.69) is 6.07 Å². The van der Waals surface area contributed by atoms with E-state index in [1.165, 1.54) is 12.1 Å². The van der Waals surface area contributed by atoms with Gasteiger partial charge in [0, 0.05) is 0 Å². The first-order valence-electron chi connectivity index (χ1n) is 4.62. The number of hydrogen-bond donors (Lipinski definition) is 0. The van der Waals surface area contributed by atoms with E-state index in [0.717, 1.165) is 18.9 Å². The number of aryl methyl sites for hydroxylation is 1. The molecular weight excluding hydrogens is 189 g/mol. The van der Waals surface area contributed by atoms with Gasteiger partial charge in [-0.1, -0.05) is 25.5 Å². The largest absolute Gasteiger partial charge is 0.416 e. The highest BCUT2D eigenvalue weighted by atomic mass is 19.4. The smallest absolute Gasteiger partial charge is 0.166 e. The maximum atomic E-state index is 12.5. The second kappa shape index (κ2) is 4.49. The van der Waals surface area contributed by atoms with Crippen molar-refractivity contribution >= 4 is 0 Å². The molecule has 3 heteroatoms. The molecule has 0 heterocycles. The van der Waals surface area contributed by atoms with Crippen LogP contribution in [-0.2, 0) is 12.6 Å². The lowest BCUT2D eigenvalue weighted by Crippen LogP contribution is -2.08. The predicted molar refractivity (Wildman–Crippen MR) is 48.9 cm³/mol. The molecule has 1 aromatic rings. The molecule has 0 bridgehead atoms. The highest BCUT2D eigenvalue weighted by Gasteiger charge is 2.32. The van der Waals surface area contributed by atoms with Crippen molar-refractivity contribution < 1.29 is 13.2 Å². The molecule has 0 aromatic heterocycles. The fourth-order valence-corrected chi connectivity index (χ4v) is 1.31. The summed E-state index contributed by atoms with van der Waals surface area (Å²) in [5.74, 6) is 0. The van der Waals surface area contributed by atoms with Crippen molar-refractivity contribution in [2.45, 2.75) is 32.4 Å². The Labute approximate surface area is 81.8 Å². The molecule has 0 atom stereocenters. The molecule has 0 amide bonds. The topological polar surface area (TPSA) is 0 Å². The first-order valence-corrected chi connectivity index (χ1v) is 4.62. The molecule has 0 unspecified atom stereocenters. The van der Waals surface area contributed by atoms with Crippen LogP contribution in [0.5, 0.6) is 0 Å². The molecule has 14 heavy (non-hydrogen) atoms. The zero-order valence-corrected chi connectivity index (χ0v) is 7.99. The first-order chi connectivity index (χ1) is 6.55. The van der Waals surface area contributed by atoms with Gasteiger partial charge in [-0.3, -0.25) is 0 Å². The van der Waals surface area contributed by atoms with Gasteiger partial charge in [0.05, 0.1) is 5.56 Å². The maximum Gasteiger partial charge on any atom is 0.416 e. The maximum absolute atomic E-state index is 12.5. The van der Waals surface area contributed by atoms with Crippen molar-refractivity contribution in [1.29, 1.82) is 0 Å². The monoisotopic (exact) mass is 201 g/mol. The van der Waals surface area contributed by atoms with Crippen LogP contribution in [0.3, 0.4) is 0 Å². The van der Waals surface area contributed by atoms with E-state index in [1.807, 2.05) is 6.92 Å². The summed E-state index contributed by atoms with van der Waals surface area (Å²) >= 11 is 0. The molecule has 0 N–H and O–H groups in total. The Kier molecular flexibility index (Phi) is 3.55. The van der Waals surface area contributed by atoms with Crippen LogP contribution < -0.4 is 0 Å². The van der Waals surface area contributed by atoms with E-state index in [9.17, 15) is 13.2 Å². The van der Waals surface area contributed by atoms with Gasteiger partial charge in [-0.15, -0.1) is 0 Å². The van der Waals surface area contributed by atoms with Gasteiger partial charge >= 0.3 is 6.18 Å². The molecule has 0 aliphatic heterocycles. The summed E-state index contributed by atoms with van der Waals surface area (Å²) in [7, 11) is 0. The molecule has 0 saturated carbocycles. The number of halogens is 3. The van der Waals surface area contributed by atoms with Crippen molar-refractivity contribution in [3.8, 4) is 0 Å². The molecular formula is C11H12F3. The fraction of sp³-hybridized carbons (Fsp3) is 0.455. The third-order valence-corrected chi connectivity index (χ3v) is 2.06. The number of unbranched alkanes of at least 4 members (excludes halogenated alkanes) is 1. The second-order valence-electron chi connectivity index (χ2n) is 3.18. The zero-order valence-electron chi connectivity index (χ0n) is 7.99. The molecule has 0 aliphatic carbocycles. The fourth-order valence-electron chi connectivity index (χ4n) is 1.31. The molecule has 1 radical (unpaired) electrons. The van der Waals surface area contributed by atoms with Crippen molar-refractivity contribution in [3.63, 3.8) is 0 Å². The van der Waals surface area contributed by atoms with Gasteiger partial charge in [0.2, 0.25) is 0 Å². The minimum atomic E-state index is -4.25. The lowest BCUT2D eigenvalue weighted by Gasteiger charge is -2.11. The van der Waals surface area contributed by atoms with Crippen molar-refractivity contribution in [2.24, 2.45) is 0 Å². The van der Waals surface area contributed by atoms with Crippen LogP contribution in [0.4, 0.5) is 13.2 Å². The molecule has 1 rings (SSSR count). The Balaban J connectivity index is 2.92. The number of hydrogen-bond acceptors (Lipinski definition) is 0. The minimum absolute atomic E-state index is 0.373. The van der Waals surface area contributed by atoms with Gasteiger partial charge in [-0.25, -0.2) is 0 Å². The Morgan fingerprint density at radius 3 is 2.64 bits per heavy atom. The van der Waals surface area contributed by atoms with Crippen LogP contribution in [0.25, 0.3) is 0 Å². The molecule has 1 aromatic carbocycles. The standard InChI is InChI=1S/C11H12F3/c1-2-3-6-9-7-4-5-8-10(9)11(12,13)14/h4,7-8H,2-3,6H2,1H3. The van der Waals surface area contributed by atoms with Crippen LogP contribution in [0.15, 0.2) is 18.2 Å².